The standard InChI is InChI=1S/C17H15F7O2Si/c1-17(2,3)27(4,5)26-16(25)8-9(18)6-7(10(19)13(8)22)12(21)15(24)14(23)11(6)20/h1-5H3. The third-order valence-electron chi connectivity index (χ3n) is 4.70. The van der Waals surface area contributed by atoms with E-state index in [2.05, 4.69) is 0 Å². The second-order valence-electron chi connectivity index (χ2n) is 7.47. The summed E-state index contributed by atoms with van der Waals surface area (Å²) < 4.78 is 103. The predicted octanol–water partition coefficient (Wildman–Crippen LogP) is 5.98. The molecule has 0 heterocycles. The molecule has 0 bridgehead atoms. The van der Waals surface area contributed by atoms with Crippen molar-refractivity contribution in [3.8, 4) is 0 Å². The van der Waals surface area contributed by atoms with E-state index in [0.29, 0.717) is 0 Å². The Bertz CT molecular complexity index is 965. The Kier molecular flexibility index (Phi) is 5.10. The molecule has 27 heavy (non-hydrogen) atoms. The summed E-state index contributed by atoms with van der Waals surface area (Å²) in [7, 11) is -2.93. The fourth-order valence-electron chi connectivity index (χ4n) is 2.10. The van der Waals surface area contributed by atoms with E-state index in [1.54, 1.807) is 33.9 Å². The highest BCUT2D eigenvalue weighted by Gasteiger charge is 2.42. The van der Waals surface area contributed by atoms with Crippen molar-refractivity contribution in [3.63, 3.8) is 0 Å². The summed E-state index contributed by atoms with van der Waals surface area (Å²) in [4.78, 5) is 12.3. The minimum Gasteiger partial charge on any atom is -0.515 e. The van der Waals surface area contributed by atoms with E-state index >= 15 is 0 Å². The lowest BCUT2D eigenvalue weighted by atomic mass is 10.0. The summed E-state index contributed by atoms with van der Waals surface area (Å²) >= 11 is 0. The maximum atomic E-state index is 14.6. The number of fused-ring (bicyclic) bond motifs is 1. The third kappa shape index (κ3) is 3.19. The quantitative estimate of drug-likeness (QED) is 0.263. The third-order valence-corrected chi connectivity index (χ3v) is 9.00. The summed E-state index contributed by atoms with van der Waals surface area (Å²) in [5.41, 5.74) is -1.64. The van der Waals surface area contributed by atoms with Crippen molar-refractivity contribution in [2.45, 2.75) is 38.9 Å². The SMILES string of the molecule is CC(C)(C)[Si](C)(C)OC(=O)c1c(F)c(F)c2c(F)c(F)c(F)c(F)c2c1F. The van der Waals surface area contributed by atoms with Crippen LogP contribution in [0.4, 0.5) is 30.7 Å². The average molecular weight is 412 g/mol. The number of rotatable bonds is 2. The summed E-state index contributed by atoms with van der Waals surface area (Å²) in [6, 6.07) is 0. The van der Waals surface area contributed by atoms with Crippen LogP contribution in [0.2, 0.25) is 18.1 Å². The van der Waals surface area contributed by atoms with Gasteiger partial charge in [-0.25, -0.2) is 35.5 Å². The Balaban J connectivity index is 2.83. The molecule has 0 saturated heterocycles. The minimum absolute atomic E-state index is 0.586. The molecular weight excluding hydrogens is 397 g/mol. The molecule has 0 aliphatic carbocycles. The Morgan fingerprint density at radius 1 is 0.704 bits per heavy atom. The highest BCUT2D eigenvalue weighted by atomic mass is 28.4. The van der Waals surface area contributed by atoms with Crippen LogP contribution in [-0.2, 0) is 4.43 Å². The molecule has 2 aromatic carbocycles. The van der Waals surface area contributed by atoms with Crippen molar-refractivity contribution in [2.75, 3.05) is 0 Å². The van der Waals surface area contributed by atoms with Gasteiger partial charge in [-0.05, 0) is 18.1 Å². The molecule has 0 aromatic heterocycles. The molecule has 2 nitrogen and oxygen atoms in total. The molecule has 0 fully saturated rings. The number of carbonyl (C=O) groups is 1. The van der Waals surface area contributed by atoms with Gasteiger partial charge in [0, 0.05) is 0 Å². The van der Waals surface area contributed by atoms with Crippen LogP contribution in [0.3, 0.4) is 0 Å². The molecule has 0 aliphatic rings. The Morgan fingerprint density at radius 2 is 1.07 bits per heavy atom. The molecule has 2 aromatic rings. The summed E-state index contributed by atoms with van der Waals surface area (Å²) in [6.45, 7) is 8.20. The van der Waals surface area contributed by atoms with Crippen LogP contribution in [0.1, 0.15) is 31.1 Å². The predicted molar refractivity (Wildman–Crippen MR) is 86.3 cm³/mol. The second-order valence-corrected chi connectivity index (χ2v) is 12.2. The van der Waals surface area contributed by atoms with E-state index in [9.17, 15) is 35.5 Å². The Morgan fingerprint density at radius 3 is 1.48 bits per heavy atom. The van der Waals surface area contributed by atoms with Crippen LogP contribution in [0.15, 0.2) is 0 Å². The first-order chi connectivity index (χ1) is 12.1. The summed E-state index contributed by atoms with van der Waals surface area (Å²) in [6.07, 6.45) is 0. The van der Waals surface area contributed by atoms with Crippen molar-refractivity contribution < 1.29 is 40.0 Å². The zero-order chi connectivity index (χ0) is 21.1. The van der Waals surface area contributed by atoms with E-state index in [1.165, 1.54) is 0 Å². The fraction of sp³-hybridized carbons (Fsp3) is 0.353. The van der Waals surface area contributed by atoms with Gasteiger partial charge in [-0.1, -0.05) is 20.8 Å². The molecule has 0 amide bonds. The van der Waals surface area contributed by atoms with Gasteiger partial charge in [0.2, 0.25) is 0 Å². The highest BCUT2D eigenvalue weighted by Crippen LogP contribution is 2.39. The molecule has 0 aliphatic heterocycles. The molecule has 10 heteroatoms. The Labute approximate surface area is 151 Å². The molecule has 0 N–H and O–H groups in total. The van der Waals surface area contributed by atoms with Crippen molar-refractivity contribution in [3.05, 3.63) is 46.3 Å². The van der Waals surface area contributed by atoms with Crippen LogP contribution < -0.4 is 0 Å². The maximum Gasteiger partial charge on any atom is 0.330 e. The highest BCUT2D eigenvalue weighted by molar-refractivity contribution is 6.75. The topological polar surface area (TPSA) is 26.3 Å². The summed E-state index contributed by atoms with van der Waals surface area (Å²) in [5, 5.41) is -4.07. The molecule has 0 atom stereocenters. The number of halogens is 7. The van der Waals surface area contributed by atoms with E-state index in [1.807, 2.05) is 0 Å². The Hall–Kier alpha value is -2.10. The van der Waals surface area contributed by atoms with Gasteiger partial charge in [0.15, 0.2) is 40.7 Å². The lowest BCUT2D eigenvalue weighted by molar-refractivity contribution is 0.0701. The number of hydrogen-bond acceptors (Lipinski definition) is 2. The number of carbonyl (C=O) groups excluding carboxylic acids is 1. The van der Waals surface area contributed by atoms with Crippen LogP contribution in [0.5, 0.6) is 0 Å². The lowest BCUT2D eigenvalue weighted by Crippen LogP contribution is -2.43. The zero-order valence-corrected chi connectivity index (χ0v) is 16.0. The van der Waals surface area contributed by atoms with E-state index in [4.69, 9.17) is 4.43 Å². The lowest BCUT2D eigenvalue weighted by Gasteiger charge is -2.35. The van der Waals surface area contributed by atoms with Gasteiger partial charge < -0.3 is 4.43 Å². The van der Waals surface area contributed by atoms with Gasteiger partial charge in [0.1, 0.15) is 5.56 Å². The van der Waals surface area contributed by atoms with Crippen molar-refractivity contribution in [1.82, 2.24) is 0 Å². The van der Waals surface area contributed by atoms with Crippen LogP contribution in [0, 0.1) is 40.7 Å². The fourth-order valence-corrected chi connectivity index (χ4v) is 2.97. The first-order valence-corrected chi connectivity index (χ1v) is 10.6. The maximum absolute atomic E-state index is 14.6. The molecule has 0 saturated carbocycles. The zero-order valence-electron chi connectivity index (χ0n) is 15.0. The molecule has 2 rings (SSSR count). The number of benzene rings is 2. The molecule has 0 spiro atoms. The first-order valence-electron chi connectivity index (χ1n) is 7.69. The minimum atomic E-state index is -2.93. The van der Waals surface area contributed by atoms with Gasteiger partial charge in [-0.3, -0.25) is 0 Å². The van der Waals surface area contributed by atoms with Gasteiger partial charge in [-0.15, -0.1) is 0 Å². The van der Waals surface area contributed by atoms with Crippen molar-refractivity contribution in [1.29, 1.82) is 0 Å². The largest absolute Gasteiger partial charge is 0.515 e. The molecule has 0 radical (unpaired) electrons. The normalized spacial score (nSPS) is 12.6. The van der Waals surface area contributed by atoms with Crippen LogP contribution >= 0.6 is 0 Å². The first kappa shape index (κ1) is 21.2. The smallest absolute Gasteiger partial charge is 0.330 e. The molecule has 148 valence electrons. The average Bonchev–Trinajstić information content (AvgIpc) is 2.52. The van der Waals surface area contributed by atoms with E-state index in [-0.39, 0.29) is 0 Å². The van der Waals surface area contributed by atoms with Crippen molar-refractivity contribution >= 4 is 25.1 Å². The monoisotopic (exact) mass is 412 g/mol. The van der Waals surface area contributed by atoms with Crippen molar-refractivity contribution in [2.24, 2.45) is 0 Å². The molecule has 0 unspecified atom stereocenters. The van der Waals surface area contributed by atoms with Gasteiger partial charge >= 0.3 is 5.97 Å². The second kappa shape index (κ2) is 6.50. The molecular formula is C17H15F7O2Si. The summed E-state index contributed by atoms with van der Waals surface area (Å²) in [5.74, 6) is -17.6. The van der Waals surface area contributed by atoms with E-state index in [0.717, 1.165) is 0 Å². The van der Waals surface area contributed by atoms with Gasteiger partial charge in [0.05, 0.1) is 10.8 Å². The van der Waals surface area contributed by atoms with Crippen LogP contribution in [-0.4, -0.2) is 14.3 Å². The van der Waals surface area contributed by atoms with Crippen LogP contribution in [0.25, 0.3) is 10.8 Å². The van der Waals surface area contributed by atoms with Gasteiger partial charge in [0.25, 0.3) is 8.32 Å². The number of hydrogen-bond donors (Lipinski definition) is 0. The van der Waals surface area contributed by atoms with E-state index < -0.39 is 76.4 Å². The van der Waals surface area contributed by atoms with Gasteiger partial charge in [-0.2, -0.15) is 0 Å².